The summed E-state index contributed by atoms with van der Waals surface area (Å²) in [5, 5.41) is 10.1. The Bertz CT molecular complexity index is 306. The first-order valence-corrected chi connectivity index (χ1v) is 5.46. The second-order valence-electron chi connectivity index (χ2n) is 3.69. The van der Waals surface area contributed by atoms with Gasteiger partial charge in [-0.25, -0.2) is 0 Å². The Morgan fingerprint density at radius 1 is 1.27 bits per heavy atom. The molecule has 0 spiro atoms. The summed E-state index contributed by atoms with van der Waals surface area (Å²) in [7, 11) is 0. The minimum absolute atomic E-state index is 0.133. The van der Waals surface area contributed by atoms with Gasteiger partial charge >= 0.3 is 0 Å². The van der Waals surface area contributed by atoms with Crippen LogP contribution < -0.4 is 0 Å². The van der Waals surface area contributed by atoms with Gasteiger partial charge in [0.15, 0.2) is 0 Å². The van der Waals surface area contributed by atoms with Crippen LogP contribution in [0.2, 0.25) is 0 Å². The third-order valence-corrected chi connectivity index (χ3v) is 2.72. The lowest BCUT2D eigenvalue weighted by molar-refractivity contribution is -0.126. The summed E-state index contributed by atoms with van der Waals surface area (Å²) in [6, 6.07) is 9.37. The molecule has 1 rings (SSSR count). The monoisotopic (exact) mass is 206 g/mol. The molecular weight excluding hydrogens is 188 g/mol. The molecule has 0 bridgehead atoms. The van der Waals surface area contributed by atoms with Crippen LogP contribution in [-0.4, -0.2) is 10.9 Å². The highest BCUT2D eigenvalue weighted by molar-refractivity contribution is 5.81. The number of carbonyl (C=O) groups is 1. The quantitative estimate of drug-likeness (QED) is 0.804. The Kier molecular flexibility index (Phi) is 4.50. The molecule has 0 unspecified atom stereocenters. The third kappa shape index (κ3) is 2.90. The van der Waals surface area contributed by atoms with E-state index >= 15 is 0 Å². The van der Waals surface area contributed by atoms with Crippen molar-refractivity contribution in [2.24, 2.45) is 5.92 Å². The molecule has 82 valence electrons. The lowest BCUT2D eigenvalue weighted by atomic mass is 9.89. The zero-order chi connectivity index (χ0) is 11.3. The van der Waals surface area contributed by atoms with E-state index in [0.717, 1.165) is 5.56 Å². The molecule has 15 heavy (non-hydrogen) atoms. The van der Waals surface area contributed by atoms with Crippen molar-refractivity contribution < 1.29 is 9.90 Å². The molecule has 1 N–H and O–H groups in total. The Morgan fingerprint density at radius 2 is 1.87 bits per heavy atom. The van der Waals surface area contributed by atoms with Crippen LogP contribution in [-0.2, 0) is 4.79 Å². The zero-order valence-corrected chi connectivity index (χ0v) is 9.31. The average molecular weight is 206 g/mol. The highest BCUT2D eigenvalue weighted by atomic mass is 16.3. The fourth-order valence-electron chi connectivity index (χ4n) is 1.77. The molecule has 0 amide bonds. The number of hydrogen-bond acceptors (Lipinski definition) is 2. The predicted octanol–water partition coefficient (Wildman–Crippen LogP) is 2.73. The van der Waals surface area contributed by atoms with Crippen LogP contribution in [0, 0.1) is 5.92 Å². The van der Waals surface area contributed by atoms with Crippen LogP contribution >= 0.6 is 0 Å². The summed E-state index contributed by atoms with van der Waals surface area (Å²) < 4.78 is 0. The summed E-state index contributed by atoms with van der Waals surface area (Å²) in [5.41, 5.74) is 0.825. The highest BCUT2D eigenvalue weighted by Gasteiger charge is 2.24. The number of carbonyl (C=O) groups excluding carboxylic acids is 1. The molecule has 0 radical (unpaired) electrons. The van der Waals surface area contributed by atoms with Gasteiger partial charge in [0, 0.05) is 12.3 Å². The number of rotatable bonds is 5. The van der Waals surface area contributed by atoms with Gasteiger partial charge in [-0.1, -0.05) is 44.2 Å². The Hall–Kier alpha value is -1.15. The molecule has 0 aliphatic heterocycles. The van der Waals surface area contributed by atoms with Gasteiger partial charge in [-0.3, -0.25) is 4.79 Å². The highest BCUT2D eigenvalue weighted by Crippen LogP contribution is 2.25. The van der Waals surface area contributed by atoms with Crippen molar-refractivity contribution in [2.45, 2.75) is 32.8 Å². The van der Waals surface area contributed by atoms with E-state index in [1.807, 2.05) is 44.2 Å². The Morgan fingerprint density at radius 3 is 2.33 bits per heavy atom. The Labute approximate surface area is 90.9 Å². The molecule has 1 aromatic rings. The largest absolute Gasteiger partial charge is 0.388 e. The first-order chi connectivity index (χ1) is 7.20. The van der Waals surface area contributed by atoms with E-state index in [-0.39, 0.29) is 11.7 Å². The summed E-state index contributed by atoms with van der Waals surface area (Å²) in [6.45, 7) is 3.77. The van der Waals surface area contributed by atoms with Crippen molar-refractivity contribution in [1.29, 1.82) is 0 Å². The zero-order valence-electron chi connectivity index (χ0n) is 9.31. The van der Waals surface area contributed by atoms with Gasteiger partial charge in [-0.05, 0) is 12.0 Å². The smallest absolute Gasteiger partial charge is 0.138 e. The van der Waals surface area contributed by atoms with E-state index in [1.54, 1.807) is 0 Å². The molecule has 0 saturated heterocycles. The second-order valence-corrected chi connectivity index (χ2v) is 3.69. The van der Waals surface area contributed by atoms with Crippen LogP contribution in [0.25, 0.3) is 0 Å². The predicted molar refractivity (Wildman–Crippen MR) is 60.5 cm³/mol. The lowest BCUT2D eigenvalue weighted by Crippen LogP contribution is -2.21. The fourth-order valence-corrected chi connectivity index (χ4v) is 1.77. The van der Waals surface area contributed by atoms with Crippen LogP contribution in [0.1, 0.15) is 38.4 Å². The van der Waals surface area contributed by atoms with Crippen molar-refractivity contribution >= 4 is 5.78 Å². The van der Waals surface area contributed by atoms with Crippen LogP contribution in [0.3, 0.4) is 0 Å². The van der Waals surface area contributed by atoms with Gasteiger partial charge < -0.3 is 5.11 Å². The van der Waals surface area contributed by atoms with E-state index in [0.29, 0.717) is 12.8 Å². The number of ketones is 1. The first kappa shape index (κ1) is 11.9. The summed E-state index contributed by atoms with van der Waals surface area (Å²) in [4.78, 5) is 11.6. The standard InChI is InChI=1S/C13H18O2/c1-3-11(12(14)4-2)13(15)10-8-6-5-7-9-10/h5-9,11,13,15H,3-4H2,1-2H3/t11-,13+/m1/s1. The summed E-state index contributed by atoms with van der Waals surface area (Å²) in [5.74, 6) is -0.133. The number of aliphatic hydroxyl groups is 1. The van der Waals surface area contributed by atoms with Crippen LogP contribution in [0.5, 0.6) is 0 Å². The van der Waals surface area contributed by atoms with E-state index in [9.17, 15) is 9.90 Å². The van der Waals surface area contributed by atoms with Gasteiger partial charge in [-0.2, -0.15) is 0 Å². The summed E-state index contributed by atoms with van der Waals surface area (Å²) in [6.07, 6.45) is 0.508. The van der Waals surface area contributed by atoms with Gasteiger partial charge in [0.1, 0.15) is 5.78 Å². The van der Waals surface area contributed by atoms with Gasteiger partial charge in [-0.15, -0.1) is 0 Å². The van der Waals surface area contributed by atoms with Gasteiger partial charge in [0.25, 0.3) is 0 Å². The minimum Gasteiger partial charge on any atom is -0.388 e. The number of benzene rings is 1. The molecule has 0 heterocycles. The van der Waals surface area contributed by atoms with E-state index in [4.69, 9.17) is 0 Å². The molecule has 0 aliphatic rings. The maximum absolute atomic E-state index is 11.6. The van der Waals surface area contributed by atoms with Crippen LogP contribution in [0.15, 0.2) is 30.3 Å². The minimum atomic E-state index is -0.663. The maximum Gasteiger partial charge on any atom is 0.138 e. The van der Waals surface area contributed by atoms with Crippen molar-refractivity contribution in [1.82, 2.24) is 0 Å². The molecule has 0 aromatic heterocycles. The fraction of sp³-hybridized carbons (Fsp3) is 0.462. The van der Waals surface area contributed by atoms with Gasteiger partial charge in [0.05, 0.1) is 6.10 Å². The number of hydrogen-bond donors (Lipinski definition) is 1. The van der Waals surface area contributed by atoms with E-state index in [2.05, 4.69) is 0 Å². The normalized spacial score (nSPS) is 14.6. The molecule has 2 heteroatoms. The molecule has 0 aliphatic carbocycles. The molecule has 1 aromatic carbocycles. The number of Topliss-reactive ketones (excluding diaryl/α,β-unsaturated/α-hetero) is 1. The molecule has 2 atom stereocenters. The second kappa shape index (κ2) is 5.66. The van der Waals surface area contributed by atoms with Crippen molar-refractivity contribution in [3.63, 3.8) is 0 Å². The summed E-state index contributed by atoms with van der Waals surface area (Å²) >= 11 is 0. The topological polar surface area (TPSA) is 37.3 Å². The van der Waals surface area contributed by atoms with Gasteiger partial charge in [0.2, 0.25) is 0 Å². The van der Waals surface area contributed by atoms with Crippen LogP contribution in [0.4, 0.5) is 0 Å². The van der Waals surface area contributed by atoms with E-state index in [1.165, 1.54) is 0 Å². The number of aliphatic hydroxyl groups excluding tert-OH is 1. The SMILES string of the molecule is CCC(=O)[C@@H](CC)[C@@H](O)c1ccccc1. The molecular formula is C13H18O2. The maximum atomic E-state index is 11.6. The van der Waals surface area contributed by atoms with Crippen molar-refractivity contribution in [2.75, 3.05) is 0 Å². The molecule has 0 fully saturated rings. The van der Waals surface area contributed by atoms with Crippen molar-refractivity contribution in [3.05, 3.63) is 35.9 Å². The molecule has 0 saturated carbocycles. The lowest BCUT2D eigenvalue weighted by Gasteiger charge is -2.20. The first-order valence-electron chi connectivity index (χ1n) is 5.46. The van der Waals surface area contributed by atoms with Crippen molar-refractivity contribution in [3.8, 4) is 0 Å². The molecule has 2 nitrogen and oxygen atoms in total. The third-order valence-electron chi connectivity index (χ3n) is 2.72. The van der Waals surface area contributed by atoms with E-state index < -0.39 is 6.10 Å². The average Bonchev–Trinajstić information content (AvgIpc) is 2.30. The Balaban J connectivity index is 2.82.